The van der Waals surface area contributed by atoms with Gasteiger partial charge in [0.1, 0.15) is 11.6 Å². The summed E-state index contributed by atoms with van der Waals surface area (Å²) >= 11 is 1.54. The standard InChI is InChI=1S/C19H22F3N3O2S/c20-19(21,22)14-27-13-3-8-24-9-11-25(12-10-24)18(26)7-6-17-23-15-4-1-2-5-16(15)28-17/h1-2,4-7H,3,8-14H2/b7-6+. The van der Waals surface area contributed by atoms with Crippen LogP contribution in [0.1, 0.15) is 11.4 Å². The van der Waals surface area contributed by atoms with Crippen molar-refractivity contribution < 1.29 is 22.7 Å². The average Bonchev–Trinajstić information content (AvgIpc) is 3.08. The molecule has 0 aliphatic carbocycles. The first kappa shape index (κ1) is 20.8. The Morgan fingerprint density at radius 2 is 1.96 bits per heavy atom. The van der Waals surface area contributed by atoms with Gasteiger partial charge in [0.2, 0.25) is 5.91 Å². The van der Waals surface area contributed by atoms with E-state index in [9.17, 15) is 18.0 Å². The topological polar surface area (TPSA) is 45.7 Å². The fourth-order valence-electron chi connectivity index (χ4n) is 2.98. The molecule has 5 nitrogen and oxygen atoms in total. The predicted molar refractivity (Wildman–Crippen MR) is 103 cm³/mol. The number of thiazole rings is 1. The normalized spacial score (nSPS) is 16.3. The number of amides is 1. The van der Waals surface area contributed by atoms with Crippen molar-refractivity contribution in [2.75, 3.05) is 45.9 Å². The maximum absolute atomic E-state index is 12.4. The lowest BCUT2D eigenvalue weighted by molar-refractivity contribution is -0.174. The first-order chi connectivity index (χ1) is 13.4. The number of piperazine rings is 1. The van der Waals surface area contributed by atoms with Crippen molar-refractivity contribution in [1.82, 2.24) is 14.8 Å². The van der Waals surface area contributed by atoms with Crippen LogP contribution >= 0.6 is 11.3 Å². The number of carbonyl (C=O) groups excluding carboxylic acids is 1. The molecule has 0 N–H and O–H groups in total. The minimum Gasteiger partial charge on any atom is -0.372 e. The fraction of sp³-hybridized carbons (Fsp3) is 0.474. The van der Waals surface area contributed by atoms with E-state index in [1.807, 2.05) is 24.3 Å². The number of carbonyl (C=O) groups is 1. The number of halogens is 3. The van der Waals surface area contributed by atoms with Gasteiger partial charge in [0.25, 0.3) is 0 Å². The van der Waals surface area contributed by atoms with Crippen LogP contribution < -0.4 is 0 Å². The summed E-state index contributed by atoms with van der Waals surface area (Å²) in [6.07, 6.45) is -0.428. The molecule has 1 amide bonds. The molecule has 9 heteroatoms. The summed E-state index contributed by atoms with van der Waals surface area (Å²) in [5.74, 6) is -0.0487. The Labute approximate surface area is 165 Å². The third-order valence-electron chi connectivity index (χ3n) is 4.39. The Kier molecular flexibility index (Phi) is 7.03. The van der Waals surface area contributed by atoms with Crippen LogP contribution in [0.3, 0.4) is 0 Å². The minimum absolute atomic E-state index is 0.0487. The van der Waals surface area contributed by atoms with E-state index in [1.165, 1.54) is 0 Å². The molecule has 28 heavy (non-hydrogen) atoms. The van der Waals surface area contributed by atoms with Crippen molar-refractivity contribution >= 4 is 33.5 Å². The lowest BCUT2D eigenvalue weighted by atomic mass is 10.3. The van der Waals surface area contributed by atoms with E-state index in [-0.39, 0.29) is 12.5 Å². The molecule has 1 aromatic heterocycles. The van der Waals surface area contributed by atoms with Crippen LogP contribution in [-0.4, -0.2) is 72.8 Å². The molecule has 1 aliphatic rings. The summed E-state index contributed by atoms with van der Waals surface area (Å²) in [7, 11) is 0. The zero-order valence-corrected chi connectivity index (χ0v) is 16.1. The molecule has 2 heterocycles. The van der Waals surface area contributed by atoms with Gasteiger partial charge in [-0.25, -0.2) is 4.98 Å². The van der Waals surface area contributed by atoms with Crippen LogP contribution in [0.5, 0.6) is 0 Å². The predicted octanol–water partition coefficient (Wildman–Crippen LogP) is 3.42. The smallest absolute Gasteiger partial charge is 0.372 e. The van der Waals surface area contributed by atoms with E-state index >= 15 is 0 Å². The molecule has 1 aliphatic heterocycles. The fourth-order valence-corrected chi connectivity index (χ4v) is 3.85. The second-order valence-electron chi connectivity index (χ2n) is 6.54. The maximum Gasteiger partial charge on any atom is 0.411 e. The SMILES string of the molecule is O=C(/C=C/c1nc2ccccc2s1)N1CCN(CCCOCC(F)(F)F)CC1. The molecule has 0 bridgehead atoms. The number of benzene rings is 1. The van der Waals surface area contributed by atoms with Crippen molar-refractivity contribution in [2.45, 2.75) is 12.6 Å². The molecule has 0 radical (unpaired) electrons. The van der Waals surface area contributed by atoms with Gasteiger partial charge in [0.05, 0.1) is 10.2 Å². The van der Waals surface area contributed by atoms with Crippen LogP contribution in [0, 0.1) is 0 Å². The average molecular weight is 413 g/mol. The van der Waals surface area contributed by atoms with E-state index in [2.05, 4.69) is 14.6 Å². The highest BCUT2D eigenvalue weighted by atomic mass is 32.1. The number of rotatable bonds is 7. The molecule has 152 valence electrons. The van der Waals surface area contributed by atoms with E-state index in [1.54, 1.807) is 28.4 Å². The Morgan fingerprint density at radius 1 is 1.21 bits per heavy atom. The van der Waals surface area contributed by atoms with Crippen molar-refractivity contribution in [2.24, 2.45) is 0 Å². The van der Waals surface area contributed by atoms with Gasteiger partial charge < -0.3 is 9.64 Å². The molecular formula is C19H22F3N3O2S. The number of hydrogen-bond donors (Lipinski definition) is 0. The summed E-state index contributed by atoms with van der Waals surface area (Å²) in [6, 6.07) is 7.83. The molecule has 0 unspecified atom stereocenters. The lowest BCUT2D eigenvalue weighted by Gasteiger charge is -2.34. The molecule has 1 aromatic carbocycles. The first-order valence-electron chi connectivity index (χ1n) is 9.10. The number of aromatic nitrogens is 1. The summed E-state index contributed by atoms with van der Waals surface area (Å²) in [5.41, 5.74) is 0.924. The van der Waals surface area contributed by atoms with Gasteiger partial charge in [-0.05, 0) is 24.6 Å². The zero-order valence-electron chi connectivity index (χ0n) is 15.3. The molecule has 3 rings (SSSR count). The van der Waals surface area contributed by atoms with E-state index in [0.29, 0.717) is 39.1 Å². The van der Waals surface area contributed by atoms with Crippen molar-refractivity contribution in [3.8, 4) is 0 Å². The van der Waals surface area contributed by atoms with Crippen LogP contribution in [0.2, 0.25) is 0 Å². The lowest BCUT2D eigenvalue weighted by Crippen LogP contribution is -2.48. The minimum atomic E-state index is -4.27. The molecule has 2 aromatic rings. The number of para-hydroxylation sites is 1. The van der Waals surface area contributed by atoms with Crippen molar-refractivity contribution in [3.05, 3.63) is 35.3 Å². The van der Waals surface area contributed by atoms with Gasteiger partial charge in [-0.1, -0.05) is 12.1 Å². The van der Waals surface area contributed by atoms with Crippen LogP contribution in [0.4, 0.5) is 13.2 Å². The van der Waals surface area contributed by atoms with Gasteiger partial charge in [0, 0.05) is 45.4 Å². The van der Waals surface area contributed by atoms with Gasteiger partial charge >= 0.3 is 6.18 Å². The van der Waals surface area contributed by atoms with Gasteiger partial charge in [0.15, 0.2) is 0 Å². The number of fused-ring (bicyclic) bond motifs is 1. The number of alkyl halides is 3. The van der Waals surface area contributed by atoms with Crippen molar-refractivity contribution in [3.63, 3.8) is 0 Å². The van der Waals surface area contributed by atoms with Crippen LogP contribution in [0.15, 0.2) is 30.3 Å². The molecule has 0 saturated carbocycles. The monoisotopic (exact) mass is 413 g/mol. The Balaban J connectivity index is 1.37. The number of nitrogens with zero attached hydrogens (tertiary/aromatic N) is 3. The Hall–Kier alpha value is -1.97. The highest BCUT2D eigenvalue weighted by Crippen LogP contribution is 2.22. The Morgan fingerprint density at radius 3 is 2.68 bits per heavy atom. The van der Waals surface area contributed by atoms with E-state index in [0.717, 1.165) is 15.2 Å². The largest absolute Gasteiger partial charge is 0.411 e. The second kappa shape index (κ2) is 9.49. The quantitative estimate of drug-likeness (QED) is 0.516. The van der Waals surface area contributed by atoms with E-state index < -0.39 is 12.8 Å². The maximum atomic E-state index is 12.4. The summed E-state index contributed by atoms with van der Waals surface area (Å²) in [6.45, 7) is 2.18. The van der Waals surface area contributed by atoms with Gasteiger partial charge in [-0.2, -0.15) is 13.2 Å². The number of hydrogen-bond acceptors (Lipinski definition) is 5. The zero-order chi connectivity index (χ0) is 20.0. The first-order valence-corrected chi connectivity index (χ1v) is 9.92. The van der Waals surface area contributed by atoms with Crippen LogP contribution in [-0.2, 0) is 9.53 Å². The van der Waals surface area contributed by atoms with Crippen LogP contribution in [0.25, 0.3) is 16.3 Å². The van der Waals surface area contributed by atoms with Gasteiger partial charge in [-0.3, -0.25) is 9.69 Å². The molecule has 0 atom stereocenters. The number of ether oxygens (including phenoxy) is 1. The Bertz CT molecular complexity index is 781. The summed E-state index contributed by atoms with van der Waals surface area (Å²) in [5, 5.41) is 0.798. The van der Waals surface area contributed by atoms with Gasteiger partial charge in [-0.15, -0.1) is 11.3 Å². The highest BCUT2D eigenvalue weighted by Gasteiger charge is 2.27. The van der Waals surface area contributed by atoms with Crippen molar-refractivity contribution in [1.29, 1.82) is 0 Å². The van der Waals surface area contributed by atoms with E-state index in [4.69, 9.17) is 0 Å². The molecular weight excluding hydrogens is 391 g/mol. The third-order valence-corrected chi connectivity index (χ3v) is 5.39. The summed E-state index contributed by atoms with van der Waals surface area (Å²) in [4.78, 5) is 20.7. The molecule has 1 fully saturated rings. The second-order valence-corrected chi connectivity index (χ2v) is 7.60. The summed E-state index contributed by atoms with van der Waals surface area (Å²) < 4.78 is 41.7. The molecule has 0 spiro atoms. The molecule has 1 saturated heterocycles. The third kappa shape index (κ3) is 6.29. The highest BCUT2D eigenvalue weighted by molar-refractivity contribution is 7.19.